The van der Waals surface area contributed by atoms with E-state index in [4.69, 9.17) is 8.85 Å². The maximum Gasteiger partial charge on any atom is 0.387 e. The van der Waals surface area contributed by atoms with E-state index in [1.54, 1.807) is 12.1 Å². The lowest BCUT2D eigenvalue weighted by Gasteiger charge is -2.40. The first-order valence-corrected chi connectivity index (χ1v) is 12.5. The van der Waals surface area contributed by atoms with Crippen LogP contribution in [-0.2, 0) is 9.84 Å². The molecule has 35 heavy (non-hydrogen) atoms. The quantitative estimate of drug-likeness (QED) is 0.451. The molecule has 0 saturated carbocycles. The van der Waals surface area contributed by atoms with Crippen LogP contribution in [-0.4, -0.2) is 62.4 Å². The Morgan fingerprint density at radius 3 is 2.40 bits per heavy atom. The van der Waals surface area contributed by atoms with Crippen LogP contribution in [0.5, 0.6) is 11.5 Å². The van der Waals surface area contributed by atoms with E-state index in [1.807, 2.05) is 9.80 Å². The molecule has 1 fully saturated rings. The van der Waals surface area contributed by atoms with Crippen LogP contribution in [0.2, 0.25) is 0 Å². The van der Waals surface area contributed by atoms with Crippen molar-refractivity contribution in [2.45, 2.75) is 30.4 Å². The van der Waals surface area contributed by atoms with Gasteiger partial charge in [0.05, 0.1) is 29.7 Å². The van der Waals surface area contributed by atoms with Crippen LogP contribution in [0.3, 0.4) is 0 Å². The average molecular weight is 509 g/mol. The molecule has 0 amide bonds. The van der Waals surface area contributed by atoms with Crippen LogP contribution in [0.15, 0.2) is 60.0 Å². The van der Waals surface area contributed by atoms with Crippen molar-refractivity contribution in [2.75, 3.05) is 36.2 Å². The molecular weight excluding hydrogens is 480 g/mol. The van der Waals surface area contributed by atoms with Gasteiger partial charge in [-0.25, -0.2) is 18.4 Å². The maximum atomic E-state index is 12.6. The third kappa shape index (κ3) is 5.76. The third-order valence-electron chi connectivity index (χ3n) is 5.63. The third-order valence-corrected chi connectivity index (χ3v) is 6.69. The monoisotopic (exact) mass is 508 g/mol. The summed E-state index contributed by atoms with van der Waals surface area (Å²) >= 11 is 0. The number of anilines is 3. The second-order valence-electron chi connectivity index (χ2n) is 7.90. The van der Waals surface area contributed by atoms with Gasteiger partial charge in [0.25, 0.3) is 0 Å². The lowest BCUT2D eigenvalue weighted by atomic mass is 10.0. The summed E-state index contributed by atoms with van der Waals surface area (Å²) < 4.78 is 81.1. The number of piperidine rings is 1. The molecule has 4 rings (SSSR count). The Morgan fingerprint density at radius 2 is 1.80 bits per heavy atom. The van der Waals surface area contributed by atoms with Crippen LogP contribution in [0.4, 0.5) is 26.1 Å². The van der Waals surface area contributed by atoms with Gasteiger partial charge in [0.2, 0.25) is 5.95 Å². The number of hydrogen-bond donors (Lipinski definition) is 0. The standard InChI is InChI=1S/C23H25F2N5O4S/c1-33-21-7-10-26-15-20(21)30(16-3-5-18(6-4-16)34-22(24)25)17-8-11-29(12-9-17)23-27-13-19(14-28-23)35(2,31)32/h3-7,10,13-15,17,22H,8-9,11-12H2,1-2H3/i1D3. The Balaban J connectivity index is 1.61. The van der Waals surface area contributed by atoms with Gasteiger partial charge in [-0.2, -0.15) is 8.78 Å². The van der Waals surface area contributed by atoms with Crippen molar-refractivity contribution < 1.29 is 30.8 Å². The summed E-state index contributed by atoms with van der Waals surface area (Å²) in [7, 11) is -6.12. The highest BCUT2D eigenvalue weighted by Gasteiger charge is 2.29. The normalized spacial score (nSPS) is 16.3. The van der Waals surface area contributed by atoms with Crippen molar-refractivity contribution in [3.63, 3.8) is 0 Å². The van der Waals surface area contributed by atoms with Crippen molar-refractivity contribution in [1.82, 2.24) is 15.0 Å². The minimum atomic E-state index is -3.42. The minimum Gasteiger partial charge on any atom is -0.494 e. The predicted molar refractivity (Wildman–Crippen MR) is 126 cm³/mol. The molecule has 9 nitrogen and oxygen atoms in total. The van der Waals surface area contributed by atoms with Crippen molar-refractivity contribution in [2.24, 2.45) is 0 Å². The Hall–Kier alpha value is -3.54. The molecule has 0 bridgehead atoms. The van der Waals surface area contributed by atoms with Gasteiger partial charge in [-0.3, -0.25) is 4.98 Å². The topological polar surface area (TPSA) is 97.8 Å². The van der Waals surface area contributed by atoms with Crippen molar-refractivity contribution in [3.05, 3.63) is 55.1 Å². The van der Waals surface area contributed by atoms with Crippen LogP contribution in [0, 0.1) is 0 Å². The first-order chi connectivity index (χ1) is 17.9. The molecule has 0 N–H and O–H groups in total. The van der Waals surface area contributed by atoms with Crippen molar-refractivity contribution in [3.8, 4) is 11.5 Å². The molecule has 1 aliphatic heterocycles. The predicted octanol–water partition coefficient (Wildman–Crippen LogP) is 3.69. The number of rotatable bonds is 8. The molecule has 1 aliphatic rings. The van der Waals surface area contributed by atoms with Crippen LogP contribution < -0.4 is 19.3 Å². The molecule has 3 aromatic rings. The number of nitrogens with zero attached hydrogens (tertiary/aromatic N) is 5. The van der Waals surface area contributed by atoms with Crippen molar-refractivity contribution in [1.29, 1.82) is 0 Å². The van der Waals surface area contributed by atoms with Gasteiger partial charge in [-0.1, -0.05) is 0 Å². The molecule has 0 aliphatic carbocycles. The minimum absolute atomic E-state index is 0.0154. The van der Waals surface area contributed by atoms with E-state index in [0.29, 0.717) is 43.3 Å². The van der Waals surface area contributed by atoms with E-state index in [1.165, 1.54) is 43.0 Å². The molecule has 0 atom stereocenters. The highest BCUT2D eigenvalue weighted by molar-refractivity contribution is 7.90. The fraction of sp³-hybridized carbons (Fsp3) is 0.348. The molecule has 1 aromatic carbocycles. The first-order valence-electron chi connectivity index (χ1n) is 12.1. The summed E-state index contributed by atoms with van der Waals surface area (Å²) in [5.74, 6) is 0.470. The molecule has 2 aromatic heterocycles. The highest BCUT2D eigenvalue weighted by atomic mass is 32.2. The zero-order valence-electron chi connectivity index (χ0n) is 21.7. The van der Waals surface area contributed by atoms with Gasteiger partial charge < -0.3 is 19.3 Å². The molecule has 3 heterocycles. The van der Waals surface area contributed by atoms with E-state index in [2.05, 4.69) is 19.7 Å². The SMILES string of the molecule is [2H]C([2H])([2H])Oc1ccncc1N(c1ccc(OC(F)F)cc1)C1CCN(c2ncc(S(C)(=O)=O)cn2)CC1. The second-order valence-corrected chi connectivity index (χ2v) is 9.91. The first kappa shape index (κ1) is 20.8. The van der Waals surface area contributed by atoms with Gasteiger partial charge in [0.1, 0.15) is 22.1 Å². The lowest BCUT2D eigenvalue weighted by Crippen LogP contribution is -2.44. The average Bonchev–Trinajstić information content (AvgIpc) is 2.85. The summed E-state index contributed by atoms with van der Waals surface area (Å²) in [6, 6.07) is 7.30. The molecule has 0 radical (unpaired) electrons. The number of benzene rings is 1. The molecule has 1 saturated heterocycles. The summed E-state index contributed by atoms with van der Waals surface area (Å²) in [6.45, 7) is -1.93. The number of alkyl halides is 2. The number of aromatic nitrogens is 3. The smallest absolute Gasteiger partial charge is 0.387 e. The van der Waals surface area contributed by atoms with E-state index < -0.39 is 23.5 Å². The number of halogens is 2. The van der Waals surface area contributed by atoms with Crippen LogP contribution in [0.1, 0.15) is 17.0 Å². The summed E-state index contributed by atoms with van der Waals surface area (Å²) in [5, 5.41) is 0. The van der Waals surface area contributed by atoms with Gasteiger partial charge in [-0.15, -0.1) is 0 Å². The Morgan fingerprint density at radius 1 is 1.11 bits per heavy atom. The number of methoxy groups -OCH3 is 1. The van der Waals surface area contributed by atoms with Crippen LogP contribution in [0.25, 0.3) is 0 Å². The lowest BCUT2D eigenvalue weighted by molar-refractivity contribution is -0.0498. The van der Waals surface area contributed by atoms with Crippen LogP contribution >= 0.6 is 0 Å². The fourth-order valence-corrected chi connectivity index (χ4v) is 4.45. The second kappa shape index (κ2) is 10.4. The van der Waals surface area contributed by atoms with E-state index in [9.17, 15) is 17.2 Å². The molecule has 0 spiro atoms. The zero-order chi connectivity index (χ0) is 27.5. The molecule has 0 unspecified atom stereocenters. The summed E-state index contributed by atoms with van der Waals surface area (Å²) in [6.07, 6.45) is 7.69. The van der Waals surface area contributed by atoms with E-state index in [0.717, 1.165) is 6.26 Å². The van der Waals surface area contributed by atoms with E-state index in [-0.39, 0.29) is 22.4 Å². The number of pyridine rings is 1. The van der Waals surface area contributed by atoms with Gasteiger partial charge in [0, 0.05) is 43.3 Å². The Labute approximate surface area is 206 Å². The van der Waals surface area contributed by atoms with E-state index >= 15 is 0 Å². The molecular formula is C23H25F2N5O4S. The van der Waals surface area contributed by atoms with Gasteiger partial charge >= 0.3 is 6.61 Å². The summed E-state index contributed by atoms with van der Waals surface area (Å²) in [4.78, 5) is 16.4. The van der Waals surface area contributed by atoms with Gasteiger partial charge in [-0.05, 0) is 37.1 Å². The number of sulfone groups is 1. The zero-order valence-corrected chi connectivity index (χ0v) is 19.5. The highest BCUT2D eigenvalue weighted by Crippen LogP contribution is 2.38. The van der Waals surface area contributed by atoms with Crippen molar-refractivity contribution >= 4 is 27.2 Å². The fourth-order valence-electron chi connectivity index (χ4n) is 3.96. The maximum absolute atomic E-state index is 12.6. The summed E-state index contributed by atoms with van der Waals surface area (Å²) in [5.41, 5.74) is 1.00. The largest absolute Gasteiger partial charge is 0.494 e. The number of hydrogen-bond acceptors (Lipinski definition) is 9. The number of ether oxygens (including phenoxy) is 2. The molecule has 186 valence electrons. The molecule has 12 heteroatoms. The van der Waals surface area contributed by atoms with Gasteiger partial charge in [0.15, 0.2) is 9.84 Å². The Bertz CT molecular complexity index is 1340. The Kier molecular flexibility index (Phi) is 6.17.